The molecule has 1 unspecified atom stereocenters. The number of carbonyl (C=O) groups excluding carboxylic acids is 17. The number of H-pyrrole nitrogens is 1. The number of unbranched alkanes of at least 4 members (excludes halogenated alkanes) is 2. The molecule has 0 aliphatic carbocycles. The summed E-state index contributed by atoms with van der Waals surface area (Å²) in [7, 11) is 3.85. The van der Waals surface area contributed by atoms with Gasteiger partial charge in [0.25, 0.3) is 0 Å². The first-order chi connectivity index (χ1) is 63.7. The van der Waals surface area contributed by atoms with Crippen LogP contribution in [0.25, 0.3) is 21.0 Å². The van der Waals surface area contributed by atoms with Crippen LogP contribution in [0, 0.1) is 11.3 Å². The summed E-state index contributed by atoms with van der Waals surface area (Å²) in [5.41, 5.74) is 18.8. The van der Waals surface area contributed by atoms with E-state index in [1.165, 1.54) is 63.7 Å². The van der Waals surface area contributed by atoms with Crippen molar-refractivity contribution in [2.24, 2.45) is 23.1 Å². The van der Waals surface area contributed by atoms with Gasteiger partial charge in [0.1, 0.15) is 96.4 Å². The Labute approximate surface area is 783 Å². The van der Waals surface area contributed by atoms with Crippen molar-refractivity contribution in [2.75, 3.05) is 72.1 Å². The van der Waals surface area contributed by atoms with Crippen molar-refractivity contribution in [3.63, 3.8) is 0 Å². The van der Waals surface area contributed by atoms with Gasteiger partial charge in [0.15, 0.2) is 5.96 Å². The number of aromatic hydroxyl groups is 1. The normalized spacial score (nSPS) is 25.1. The van der Waals surface area contributed by atoms with E-state index in [2.05, 4.69) is 63.5 Å². The van der Waals surface area contributed by atoms with E-state index in [0.717, 1.165) is 29.2 Å². The van der Waals surface area contributed by atoms with Crippen molar-refractivity contribution in [1.82, 2.24) is 88.0 Å². The number of thioether (sulfide) groups is 1. The van der Waals surface area contributed by atoms with Crippen molar-refractivity contribution >= 4 is 150 Å². The van der Waals surface area contributed by atoms with Crippen molar-refractivity contribution < 1.29 is 107 Å². The Balaban J connectivity index is 1.20. The van der Waals surface area contributed by atoms with Gasteiger partial charge in [-0.2, -0.15) is 0 Å². The highest BCUT2D eigenvalue weighted by molar-refractivity contribution is 8.00. The highest BCUT2D eigenvalue weighted by Crippen LogP contribution is 2.30. The number of amides is 17. The van der Waals surface area contributed by atoms with Crippen LogP contribution in [0.15, 0.2) is 84.4 Å². The predicted octanol–water partition coefficient (Wildman–Crippen LogP) is -3.81. The molecule has 3 fully saturated rings. The number of phenols is 1. The molecule has 3 aliphatic rings. The average Bonchev–Trinajstić information content (AvgIpc) is 1.59. The van der Waals surface area contributed by atoms with Gasteiger partial charge in [0.05, 0.1) is 38.1 Å². The number of para-hydroxylation sites is 1. The lowest BCUT2D eigenvalue weighted by Crippen LogP contribution is -2.62. The lowest BCUT2D eigenvalue weighted by molar-refractivity contribution is -0.149. The summed E-state index contributed by atoms with van der Waals surface area (Å²) in [6, 6.07) is -4.74. The number of aromatic nitrogens is 1. The van der Waals surface area contributed by atoms with E-state index < -0.39 is 260 Å². The summed E-state index contributed by atoms with van der Waals surface area (Å²) in [4.78, 5) is 258. The fraction of sp³-hybridized carbons (Fsp3) is 0.551. The molecule has 8 rings (SSSR count). The molecule has 732 valence electrons. The second-order valence-electron chi connectivity index (χ2n) is 34.2. The van der Waals surface area contributed by atoms with Gasteiger partial charge in [-0.3, -0.25) is 86.9 Å². The van der Waals surface area contributed by atoms with Gasteiger partial charge < -0.3 is 131 Å². The fourth-order valence-corrected chi connectivity index (χ4v) is 18.1. The van der Waals surface area contributed by atoms with Crippen molar-refractivity contribution in [2.45, 2.75) is 234 Å². The molecule has 24 N–H and O–H groups in total. The summed E-state index contributed by atoms with van der Waals surface area (Å²) in [6.45, 7) is 4.38. The highest BCUT2D eigenvalue weighted by Gasteiger charge is 2.47. The molecule has 0 radical (unpaired) electrons. The van der Waals surface area contributed by atoms with E-state index in [-0.39, 0.29) is 83.0 Å². The summed E-state index contributed by atoms with van der Waals surface area (Å²) in [5.74, 6) is -19.3. The van der Waals surface area contributed by atoms with Crippen LogP contribution in [0.2, 0.25) is 0 Å². The molecule has 43 nitrogen and oxygen atoms in total. The molecule has 17 amide bonds. The topological polar surface area (TPSA) is 658 Å². The number of primary amides is 2. The third kappa shape index (κ3) is 29.5. The van der Waals surface area contributed by atoms with E-state index >= 15 is 38.4 Å². The standard InChI is InChI=1S/C89H127N21O22S2/c1-9-11-23-67-81(125)97-57(22-17-31-94-89(92)93)76(120)105-66(80(124)102-63(41-111)74(91)118)45-133-46-73(117)96-60(34-49-27-29-52(114)30-28-49)84(128)106(6)48(5)75(119)99-62(38-72(90)116)86(130)109-32-18-25-68(109)82(126)104-65(43-113)79(123)100-59(33-47(3)4)87(131)110-40-53(115)37-70(110)83(127)98-58(35-50-39-95-56-21-15-13-19-54(50)56)77(121)103-64(42-112)78(122)101-61(36-51-44-134-71-26-16-14-20-55(51)71)85(129)108(8)69(24-12-10-2)88(132)107(67)7/h13-16,19-21,26-30,39,44,47-48,53,57-70,95,111-115H,9-12,17-18,22-25,31-38,40-43,45-46H2,1-8H3,(H2,90,116)(H2,91,118)(H,96,117)(H,97,125)(H,98,127)(H,99,119)(H,100,123)(H,101,122)(H,102,124)(H,103,121)(H,104,126)(H,105,120)(H4,92,93,94)/t48-,53+,57-,58-,59-,60-,61-,62-,63-,64-,65-,66?,67-,68-,69-,70-/m0/s1. The maximum Gasteiger partial charge on any atom is 0.246 e. The maximum atomic E-state index is 15.7. The molecule has 16 atom stereocenters. The minimum atomic E-state index is -1.90. The third-order valence-electron chi connectivity index (χ3n) is 23.8. The van der Waals surface area contributed by atoms with Gasteiger partial charge in [-0.25, -0.2) is 0 Å². The predicted molar refractivity (Wildman–Crippen MR) is 494 cm³/mol. The van der Waals surface area contributed by atoms with Gasteiger partial charge in [-0.05, 0) is 110 Å². The van der Waals surface area contributed by atoms with E-state index in [4.69, 9.17) is 22.6 Å². The number of aliphatic hydroxyl groups excluding tert-OH is 4. The Morgan fingerprint density at radius 3 is 1.75 bits per heavy atom. The first-order valence-corrected chi connectivity index (χ1v) is 46.7. The molecule has 0 spiro atoms. The van der Waals surface area contributed by atoms with Gasteiger partial charge in [-0.1, -0.05) is 102 Å². The van der Waals surface area contributed by atoms with Gasteiger partial charge >= 0.3 is 0 Å². The van der Waals surface area contributed by atoms with Crippen molar-refractivity contribution in [1.29, 1.82) is 5.41 Å². The van der Waals surface area contributed by atoms with Gasteiger partial charge in [0, 0.05) is 94.0 Å². The first kappa shape index (κ1) is 107. The number of phenolic OH excluding ortho intramolecular Hbond substituents is 1. The number of guanidine groups is 1. The number of hydrogen-bond acceptors (Lipinski definition) is 25. The number of thiophene rings is 1. The Morgan fingerprint density at radius 1 is 0.567 bits per heavy atom. The van der Waals surface area contributed by atoms with Crippen LogP contribution in [0.3, 0.4) is 0 Å². The first-order valence-electron chi connectivity index (χ1n) is 44.7. The highest BCUT2D eigenvalue weighted by atomic mass is 32.2. The fourth-order valence-electron chi connectivity index (χ4n) is 16.2. The van der Waals surface area contributed by atoms with Crippen molar-refractivity contribution in [3.8, 4) is 5.75 Å². The van der Waals surface area contributed by atoms with E-state index in [9.17, 15) is 68.7 Å². The van der Waals surface area contributed by atoms with E-state index in [1.54, 1.807) is 67.9 Å². The van der Waals surface area contributed by atoms with Crippen LogP contribution >= 0.6 is 23.1 Å². The average molecular weight is 1910 g/mol. The molecule has 5 heterocycles. The molecule has 3 aromatic carbocycles. The number of nitrogens with two attached hydrogens (primary N) is 3. The molecule has 3 saturated heterocycles. The summed E-state index contributed by atoms with van der Waals surface area (Å²) in [5, 5.41) is 93.0. The number of fused-ring (bicyclic) bond motifs is 4. The lowest BCUT2D eigenvalue weighted by Gasteiger charge is -2.36. The number of carbonyl (C=O) groups is 17. The number of nitrogens with zero attached hydrogens (tertiary/aromatic N) is 5. The Morgan fingerprint density at radius 2 is 1.12 bits per heavy atom. The lowest BCUT2D eigenvalue weighted by atomic mass is 10.00. The molecular weight excluding hydrogens is 1780 g/mol. The minimum absolute atomic E-state index is 0.00172. The number of aliphatic hydroxyl groups is 4. The molecule has 45 heteroatoms. The maximum absolute atomic E-state index is 15.7. The van der Waals surface area contributed by atoms with Crippen LogP contribution in [-0.4, -0.2) is 330 Å². The second kappa shape index (κ2) is 51.0. The third-order valence-corrected chi connectivity index (χ3v) is 25.9. The SMILES string of the molecule is CCCC[C@H]1C(=O)N(C)[C@@H](CCCC)C(=O)N[C@@H](CCCNC(=N)N)C(=O)NC(C(=O)N[C@@H](CO)C(N)=O)CSCC(=O)N[C@@H](Cc2ccc(O)cc2)C(=O)N(C)[C@@H](C)C(=O)N[C@@H](CC(N)=O)C(=O)N2CCC[C@H]2C(=O)N[C@@H](CO)C(=O)N[C@@H](CC(C)C)C(=O)N2C[C@H](O)C[C@H]2C(=O)N[C@@H](Cc2c[nH]c3ccccc23)C(=O)N[C@@H](CO)C(=O)N[C@@H](Cc2csc3ccccc23)C(=O)N1C. The molecule has 3 aliphatic heterocycles. The Hall–Kier alpha value is -12.6. The number of rotatable bonds is 26. The summed E-state index contributed by atoms with van der Waals surface area (Å²) in [6.07, 6.45) is -0.769. The largest absolute Gasteiger partial charge is 0.508 e. The minimum Gasteiger partial charge on any atom is -0.508 e. The molecule has 5 aromatic rings. The zero-order chi connectivity index (χ0) is 98.5. The molecule has 0 bridgehead atoms. The number of aromatic amines is 1. The quantitative estimate of drug-likeness (QED) is 0.0143. The Bertz CT molecular complexity index is 5020. The summed E-state index contributed by atoms with van der Waals surface area (Å²) >= 11 is 2.04. The zero-order valence-electron chi connectivity index (χ0n) is 76.3. The van der Waals surface area contributed by atoms with Gasteiger partial charge in [0.2, 0.25) is 100 Å². The van der Waals surface area contributed by atoms with E-state index in [1.807, 2.05) is 19.9 Å². The van der Waals surface area contributed by atoms with Crippen LogP contribution in [-0.2, 0) is 101 Å². The number of hydrogen-bond donors (Lipinski definition) is 21. The zero-order valence-corrected chi connectivity index (χ0v) is 78.0. The summed E-state index contributed by atoms with van der Waals surface area (Å²) < 4.78 is 0.799. The molecular formula is C89H127N21O22S2. The molecule has 0 saturated carbocycles. The van der Waals surface area contributed by atoms with E-state index in [0.29, 0.717) is 70.4 Å². The van der Waals surface area contributed by atoms with Crippen LogP contribution < -0.4 is 75.7 Å². The molecule has 134 heavy (non-hydrogen) atoms. The van der Waals surface area contributed by atoms with Crippen LogP contribution in [0.1, 0.15) is 135 Å². The monoisotopic (exact) mass is 1910 g/mol. The second-order valence-corrected chi connectivity index (χ2v) is 36.2. The van der Waals surface area contributed by atoms with Gasteiger partial charge in [-0.15, -0.1) is 23.1 Å². The van der Waals surface area contributed by atoms with Crippen LogP contribution in [0.4, 0.5) is 0 Å². The molecule has 2 aromatic heterocycles. The number of nitrogens with one attached hydrogen (secondary N) is 13. The van der Waals surface area contributed by atoms with Crippen molar-refractivity contribution in [3.05, 3.63) is 101 Å². The number of benzene rings is 3. The smallest absolute Gasteiger partial charge is 0.246 e. The Kier molecular flexibility index (Phi) is 40.7. The van der Waals surface area contributed by atoms with Crippen LogP contribution in [0.5, 0.6) is 5.75 Å². The number of likely N-dealkylation sites (N-methyl/N-ethyl adjacent to an activating group) is 3.